The van der Waals surface area contributed by atoms with Gasteiger partial charge in [-0.15, -0.1) is 0 Å². The van der Waals surface area contributed by atoms with Crippen molar-refractivity contribution in [2.75, 3.05) is 11.5 Å². The SMILES string of the molecule is O=C1C[C@@H]([C@@H]2CCCO2)C(=O)N1c1ccc(I)cc1. The van der Waals surface area contributed by atoms with Gasteiger partial charge in [0.25, 0.3) is 0 Å². The Hall–Kier alpha value is -0.950. The van der Waals surface area contributed by atoms with Gasteiger partial charge in [0.15, 0.2) is 0 Å². The topological polar surface area (TPSA) is 46.6 Å². The molecule has 2 heterocycles. The first-order valence-electron chi connectivity index (χ1n) is 6.41. The molecule has 4 nitrogen and oxygen atoms in total. The first-order chi connectivity index (χ1) is 9.16. The first-order valence-corrected chi connectivity index (χ1v) is 7.48. The third kappa shape index (κ3) is 2.41. The molecule has 100 valence electrons. The normalized spacial score (nSPS) is 27.3. The second-order valence-electron chi connectivity index (χ2n) is 4.91. The molecule has 2 atom stereocenters. The van der Waals surface area contributed by atoms with Gasteiger partial charge >= 0.3 is 0 Å². The maximum absolute atomic E-state index is 12.4. The number of benzene rings is 1. The van der Waals surface area contributed by atoms with Crippen LogP contribution in [0.25, 0.3) is 0 Å². The molecule has 19 heavy (non-hydrogen) atoms. The van der Waals surface area contributed by atoms with Crippen molar-refractivity contribution < 1.29 is 14.3 Å². The molecule has 2 saturated heterocycles. The van der Waals surface area contributed by atoms with Crippen molar-refractivity contribution in [2.24, 2.45) is 5.92 Å². The van der Waals surface area contributed by atoms with Crippen LogP contribution in [0.15, 0.2) is 24.3 Å². The minimum atomic E-state index is -0.297. The zero-order valence-electron chi connectivity index (χ0n) is 10.3. The van der Waals surface area contributed by atoms with Crippen LogP contribution in [0.5, 0.6) is 0 Å². The molecule has 0 spiro atoms. The molecule has 0 bridgehead atoms. The van der Waals surface area contributed by atoms with Crippen LogP contribution in [0.2, 0.25) is 0 Å². The second kappa shape index (κ2) is 5.20. The van der Waals surface area contributed by atoms with E-state index in [4.69, 9.17) is 4.74 Å². The number of halogens is 1. The second-order valence-corrected chi connectivity index (χ2v) is 6.15. The van der Waals surface area contributed by atoms with E-state index in [0.29, 0.717) is 12.3 Å². The Bertz CT molecular complexity index is 508. The zero-order valence-corrected chi connectivity index (χ0v) is 12.5. The Balaban J connectivity index is 1.84. The predicted octanol–water partition coefficient (Wildman–Crippen LogP) is 2.35. The van der Waals surface area contributed by atoms with Crippen LogP contribution in [0.4, 0.5) is 5.69 Å². The third-order valence-electron chi connectivity index (χ3n) is 3.68. The minimum absolute atomic E-state index is 0.0784. The fraction of sp³-hybridized carbons (Fsp3) is 0.429. The Morgan fingerprint density at radius 2 is 1.95 bits per heavy atom. The molecule has 0 aromatic heterocycles. The van der Waals surface area contributed by atoms with Gasteiger partial charge in [-0.3, -0.25) is 14.5 Å². The summed E-state index contributed by atoms with van der Waals surface area (Å²) in [4.78, 5) is 25.8. The van der Waals surface area contributed by atoms with E-state index in [2.05, 4.69) is 22.6 Å². The average Bonchev–Trinajstić information content (AvgIpc) is 3.00. The van der Waals surface area contributed by atoms with Gasteiger partial charge in [-0.2, -0.15) is 0 Å². The molecule has 5 heteroatoms. The zero-order chi connectivity index (χ0) is 13.4. The summed E-state index contributed by atoms with van der Waals surface area (Å²) in [5.41, 5.74) is 0.663. The number of anilines is 1. The van der Waals surface area contributed by atoms with Gasteiger partial charge in [-0.05, 0) is 59.7 Å². The summed E-state index contributed by atoms with van der Waals surface area (Å²) in [6.45, 7) is 0.701. The van der Waals surface area contributed by atoms with E-state index in [1.54, 1.807) is 0 Å². The fourth-order valence-electron chi connectivity index (χ4n) is 2.73. The molecule has 1 aromatic carbocycles. The smallest absolute Gasteiger partial charge is 0.240 e. The number of carbonyl (C=O) groups excluding carboxylic acids is 2. The van der Waals surface area contributed by atoms with E-state index in [9.17, 15) is 9.59 Å². The van der Waals surface area contributed by atoms with Gasteiger partial charge in [0, 0.05) is 16.6 Å². The Morgan fingerprint density at radius 3 is 2.58 bits per heavy atom. The molecule has 2 aliphatic heterocycles. The average molecular weight is 371 g/mol. The summed E-state index contributed by atoms with van der Waals surface area (Å²) in [5.74, 6) is -0.529. The number of carbonyl (C=O) groups is 2. The summed E-state index contributed by atoms with van der Waals surface area (Å²) < 4.78 is 6.64. The largest absolute Gasteiger partial charge is 0.377 e. The molecule has 0 unspecified atom stereocenters. The van der Waals surface area contributed by atoms with Crippen molar-refractivity contribution in [1.82, 2.24) is 0 Å². The number of ether oxygens (including phenoxy) is 1. The van der Waals surface area contributed by atoms with E-state index in [1.165, 1.54) is 4.90 Å². The summed E-state index contributed by atoms with van der Waals surface area (Å²) >= 11 is 2.20. The summed E-state index contributed by atoms with van der Waals surface area (Å²) in [7, 11) is 0. The first kappa shape index (κ1) is 13.1. The molecule has 0 N–H and O–H groups in total. The highest BCUT2D eigenvalue weighted by Gasteiger charge is 2.44. The molecule has 1 aromatic rings. The summed E-state index contributed by atoms with van der Waals surface area (Å²) in [5, 5.41) is 0. The molecule has 0 aliphatic carbocycles. The third-order valence-corrected chi connectivity index (χ3v) is 4.40. The van der Waals surface area contributed by atoms with Crippen LogP contribution in [0, 0.1) is 9.49 Å². The molecular weight excluding hydrogens is 357 g/mol. The summed E-state index contributed by atoms with van der Waals surface area (Å²) in [6, 6.07) is 7.43. The predicted molar refractivity (Wildman–Crippen MR) is 78.7 cm³/mol. The van der Waals surface area contributed by atoms with E-state index >= 15 is 0 Å². The van der Waals surface area contributed by atoms with Crippen LogP contribution in [-0.4, -0.2) is 24.5 Å². The van der Waals surface area contributed by atoms with Gasteiger partial charge in [-0.25, -0.2) is 0 Å². The van der Waals surface area contributed by atoms with Gasteiger partial charge < -0.3 is 4.74 Å². The summed E-state index contributed by atoms with van der Waals surface area (Å²) in [6.07, 6.45) is 2.05. The van der Waals surface area contributed by atoms with Crippen LogP contribution in [0.1, 0.15) is 19.3 Å². The number of hydrogen-bond donors (Lipinski definition) is 0. The lowest BCUT2D eigenvalue weighted by atomic mass is 9.98. The molecule has 2 amide bonds. The molecule has 3 rings (SSSR count). The minimum Gasteiger partial charge on any atom is -0.377 e. The Morgan fingerprint density at radius 1 is 1.21 bits per heavy atom. The van der Waals surface area contributed by atoms with Crippen molar-refractivity contribution in [1.29, 1.82) is 0 Å². The van der Waals surface area contributed by atoms with E-state index in [-0.39, 0.29) is 30.3 Å². The maximum Gasteiger partial charge on any atom is 0.240 e. The van der Waals surface area contributed by atoms with Crippen molar-refractivity contribution in [3.8, 4) is 0 Å². The lowest BCUT2D eigenvalue weighted by Crippen LogP contribution is -2.33. The lowest BCUT2D eigenvalue weighted by molar-refractivity contribution is -0.124. The monoisotopic (exact) mass is 371 g/mol. The fourth-order valence-corrected chi connectivity index (χ4v) is 3.09. The van der Waals surface area contributed by atoms with Gasteiger partial charge in [0.1, 0.15) is 0 Å². The van der Waals surface area contributed by atoms with Crippen LogP contribution in [-0.2, 0) is 14.3 Å². The van der Waals surface area contributed by atoms with Gasteiger partial charge in [0.2, 0.25) is 11.8 Å². The van der Waals surface area contributed by atoms with E-state index in [0.717, 1.165) is 16.4 Å². The van der Waals surface area contributed by atoms with Crippen molar-refractivity contribution >= 4 is 40.1 Å². The lowest BCUT2D eigenvalue weighted by Gasteiger charge is -2.17. The molecule has 0 radical (unpaired) electrons. The Labute approximate surface area is 125 Å². The highest BCUT2D eigenvalue weighted by Crippen LogP contribution is 2.33. The van der Waals surface area contributed by atoms with Gasteiger partial charge in [-0.1, -0.05) is 0 Å². The van der Waals surface area contributed by atoms with Gasteiger partial charge in [0.05, 0.1) is 17.7 Å². The molecule has 2 fully saturated rings. The number of imide groups is 1. The molecular formula is C14H14INO3. The highest BCUT2D eigenvalue weighted by atomic mass is 127. The van der Waals surface area contributed by atoms with Crippen molar-refractivity contribution in [3.63, 3.8) is 0 Å². The molecule has 2 aliphatic rings. The van der Waals surface area contributed by atoms with Crippen molar-refractivity contribution in [3.05, 3.63) is 27.8 Å². The number of nitrogens with zero attached hydrogens (tertiary/aromatic N) is 1. The van der Waals surface area contributed by atoms with Crippen LogP contribution < -0.4 is 4.90 Å². The standard InChI is InChI=1S/C14H14INO3/c15-9-3-5-10(6-4-9)16-13(17)8-11(14(16)18)12-2-1-7-19-12/h3-6,11-12H,1-2,7-8H2/t11-,12-/m0/s1. The number of amides is 2. The van der Waals surface area contributed by atoms with E-state index < -0.39 is 0 Å². The number of rotatable bonds is 2. The Kier molecular flexibility index (Phi) is 3.58. The number of hydrogen-bond acceptors (Lipinski definition) is 3. The van der Waals surface area contributed by atoms with Crippen LogP contribution in [0.3, 0.4) is 0 Å². The maximum atomic E-state index is 12.4. The van der Waals surface area contributed by atoms with Crippen molar-refractivity contribution in [2.45, 2.75) is 25.4 Å². The quantitative estimate of drug-likeness (QED) is 0.592. The highest BCUT2D eigenvalue weighted by molar-refractivity contribution is 14.1. The molecule has 0 saturated carbocycles. The van der Waals surface area contributed by atoms with E-state index in [1.807, 2.05) is 24.3 Å². The van der Waals surface area contributed by atoms with Crippen LogP contribution >= 0.6 is 22.6 Å².